The smallest absolute Gasteiger partial charge is 0.0794 e. The van der Waals surface area contributed by atoms with Gasteiger partial charge in [0.2, 0.25) is 0 Å². The molecule has 0 saturated carbocycles. The van der Waals surface area contributed by atoms with E-state index in [2.05, 4.69) is 39.2 Å². The van der Waals surface area contributed by atoms with Crippen LogP contribution in [0.3, 0.4) is 0 Å². The van der Waals surface area contributed by atoms with Crippen molar-refractivity contribution in [2.75, 3.05) is 6.54 Å². The molecule has 0 amide bonds. The van der Waals surface area contributed by atoms with Crippen LogP contribution in [0.2, 0.25) is 5.02 Å². The van der Waals surface area contributed by atoms with Gasteiger partial charge in [-0.15, -0.1) is 11.3 Å². The first-order chi connectivity index (χ1) is 8.70. The highest BCUT2D eigenvalue weighted by atomic mass is 79.9. The molecule has 1 N–H and O–H groups in total. The Morgan fingerprint density at radius 3 is 2.94 bits per heavy atom. The first kappa shape index (κ1) is 14.0. The second kappa shape index (κ2) is 6.66. The molecule has 1 atom stereocenters. The number of likely N-dealkylation sites (N-methyl/N-ethyl adjacent to an activating group) is 1. The minimum absolute atomic E-state index is 0.279. The molecule has 1 aromatic carbocycles. The van der Waals surface area contributed by atoms with Gasteiger partial charge in [-0.1, -0.05) is 24.6 Å². The minimum atomic E-state index is 0.279. The fraction of sp³-hybridized carbons (Fsp3) is 0.308. The Balaban J connectivity index is 2.20. The number of benzene rings is 1. The van der Waals surface area contributed by atoms with Gasteiger partial charge in [-0.2, -0.15) is 0 Å². The largest absolute Gasteiger partial charge is 0.310 e. The molecule has 0 spiro atoms. The third-order valence-electron chi connectivity index (χ3n) is 2.69. The molecule has 1 unspecified atom stereocenters. The Morgan fingerprint density at radius 1 is 1.50 bits per heavy atom. The highest BCUT2D eigenvalue weighted by Crippen LogP contribution is 2.28. The normalized spacial score (nSPS) is 12.6. The molecule has 1 aromatic heterocycles. The number of rotatable bonds is 5. The first-order valence-electron chi connectivity index (χ1n) is 5.76. The lowest BCUT2D eigenvalue weighted by atomic mass is 10.0. The van der Waals surface area contributed by atoms with E-state index in [0.29, 0.717) is 0 Å². The van der Waals surface area contributed by atoms with Crippen molar-refractivity contribution in [3.8, 4) is 0 Å². The predicted octanol–water partition coefficient (Wildman–Crippen LogP) is 4.45. The third-order valence-corrected chi connectivity index (χ3v) is 4.72. The van der Waals surface area contributed by atoms with Crippen molar-refractivity contribution < 1.29 is 0 Å². The molecule has 0 saturated heterocycles. The maximum absolute atomic E-state index is 6.16. The molecule has 18 heavy (non-hydrogen) atoms. The van der Waals surface area contributed by atoms with E-state index >= 15 is 0 Å². The van der Waals surface area contributed by atoms with Crippen LogP contribution >= 0.6 is 38.9 Å². The Hall–Kier alpha value is -0.420. The molecule has 5 heteroatoms. The van der Waals surface area contributed by atoms with Crippen LogP contribution in [0.25, 0.3) is 0 Å². The number of thiazole rings is 1. The summed E-state index contributed by atoms with van der Waals surface area (Å²) < 4.78 is 0.931. The SMILES string of the molecule is CCNC(Cc1cncs1)c1ccc(Br)c(Cl)c1. The molecule has 0 fully saturated rings. The van der Waals surface area contributed by atoms with Gasteiger partial charge >= 0.3 is 0 Å². The summed E-state index contributed by atoms with van der Waals surface area (Å²) in [6.45, 7) is 3.04. The minimum Gasteiger partial charge on any atom is -0.310 e. The Bertz CT molecular complexity index is 502. The molecule has 0 aliphatic carbocycles. The first-order valence-corrected chi connectivity index (χ1v) is 7.81. The van der Waals surface area contributed by atoms with Crippen LogP contribution in [0.15, 0.2) is 34.4 Å². The second-order valence-electron chi connectivity index (χ2n) is 3.96. The summed E-state index contributed by atoms with van der Waals surface area (Å²) in [5, 5.41) is 4.24. The lowest BCUT2D eigenvalue weighted by Gasteiger charge is -2.18. The standard InChI is InChI=1S/C13H14BrClN2S/c1-2-17-13(6-10-7-16-8-18-10)9-3-4-11(14)12(15)5-9/h3-5,7-8,13,17H,2,6H2,1H3. The van der Waals surface area contributed by atoms with E-state index in [9.17, 15) is 0 Å². The van der Waals surface area contributed by atoms with Crippen LogP contribution in [0.1, 0.15) is 23.4 Å². The fourth-order valence-corrected chi connectivity index (χ4v) is 2.90. The molecular formula is C13H14BrClN2S. The number of hydrogen-bond acceptors (Lipinski definition) is 3. The van der Waals surface area contributed by atoms with Crippen LogP contribution in [-0.2, 0) is 6.42 Å². The summed E-state index contributed by atoms with van der Waals surface area (Å²) in [6, 6.07) is 6.39. The van der Waals surface area contributed by atoms with Crippen LogP contribution in [0.4, 0.5) is 0 Å². The average molecular weight is 346 g/mol. The third kappa shape index (κ3) is 3.54. The Kier molecular flexibility index (Phi) is 5.18. The van der Waals surface area contributed by atoms with Gasteiger partial charge in [-0.25, -0.2) is 0 Å². The average Bonchev–Trinajstić information content (AvgIpc) is 2.85. The summed E-state index contributed by atoms with van der Waals surface area (Å²) >= 11 is 11.3. The van der Waals surface area contributed by atoms with Crippen LogP contribution in [0.5, 0.6) is 0 Å². The van der Waals surface area contributed by atoms with Crippen molar-refractivity contribution in [3.63, 3.8) is 0 Å². The number of aromatic nitrogens is 1. The maximum Gasteiger partial charge on any atom is 0.0794 e. The van der Waals surface area contributed by atoms with E-state index in [1.54, 1.807) is 11.3 Å². The van der Waals surface area contributed by atoms with Crippen LogP contribution < -0.4 is 5.32 Å². The maximum atomic E-state index is 6.16. The number of nitrogens with zero attached hydrogens (tertiary/aromatic N) is 1. The van der Waals surface area contributed by atoms with E-state index in [-0.39, 0.29) is 6.04 Å². The predicted molar refractivity (Wildman–Crippen MR) is 81.4 cm³/mol. The highest BCUT2D eigenvalue weighted by molar-refractivity contribution is 9.10. The molecule has 0 bridgehead atoms. The topological polar surface area (TPSA) is 24.9 Å². The lowest BCUT2D eigenvalue weighted by Crippen LogP contribution is -2.22. The van der Waals surface area contributed by atoms with E-state index < -0.39 is 0 Å². The molecule has 2 nitrogen and oxygen atoms in total. The van der Waals surface area contributed by atoms with Gasteiger partial charge in [-0.05, 0) is 40.2 Å². The van der Waals surface area contributed by atoms with Crippen LogP contribution in [0, 0.1) is 0 Å². The van der Waals surface area contributed by atoms with Crippen molar-refractivity contribution in [3.05, 3.63) is 49.8 Å². The van der Waals surface area contributed by atoms with Gasteiger partial charge in [0, 0.05) is 28.0 Å². The van der Waals surface area contributed by atoms with E-state index in [1.807, 2.05) is 23.8 Å². The van der Waals surface area contributed by atoms with Crippen molar-refractivity contribution in [2.24, 2.45) is 0 Å². The quantitative estimate of drug-likeness (QED) is 0.866. The summed E-state index contributed by atoms with van der Waals surface area (Å²) in [5.41, 5.74) is 3.07. The van der Waals surface area contributed by atoms with Gasteiger partial charge in [0.05, 0.1) is 10.5 Å². The van der Waals surface area contributed by atoms with Crippen LogP contribution in [-0.4, -0.2) is 11.5 Å². The molecule has 0 aliphatic heterocycles. The zero-order valence-electron chi connectivity index (χ0n) is 9.99. The zero-order valence-corrected chi connectivity index (χ0v) is 13.1. The summed E-state index contributed by atoms with van der Waals surface area (Å²) in [4.78, 5) is 5.40. The monoisotopic (exact) mass is 344 g/mol. The van der Waals surface area contributed by atoms with Gasteiger partial charge in [0.1, 0.15) is 0 Å². The molecular weight excluding hydrogens is 332 g/mol. The van der Waals surface area contributed by atoms with E-state index in [4.69, 9.17) is 11.6 Å². The van der Waals surface area contributed by atoms with Gasteiger partial charge in [0.25, 0.3) is 0 Å². The number of nitrogens with one attached hydrogen (secondary N) is 1. The summed E-state index contributed by atoms with van der Waals surface area (Å²) in [7, 11) is 0. The molecule has 0 radical (unpaired) electrons. The van der Waals surface area contributed by atoms with Crippen molar-refractivity contribution in [2.45, 2.75) is 19.4 Å². The molecule has 2 aromatic rings. The fourth-order valence-electron chi connectivity index (χ4n) is 1.83. The number of halogens is 2. The zero-order chi connectivity index (χ0) is 13.0. The molecule has 2 rings (SSSR count). The van der Waals surface area contributed by atoms with E-state index in [0.717, 1.165) is 22.5 Å². The summed E-state index contributed by atoms with van der Waals surface area (Å²) in [5.74, 6) is 0. The lowest BCUT2D eigenvalue weighted by molar-refractivity contribution is 0.553. The Morgan fingerprint density at radius 2 is 2.33 bits per heavy atom. The second-order valence-corrected chi connectivity index (χ2v) is 6.19. The highest BCUT2D eigenvalue weighted by Gasteiger charge is 2.13. The molecule has 0 aliphatic rings. The number of hydrogen-bond donors (Lipinski definition) is 1. The van der Waals surface area contributed by atoms with Crippen molar-refractivity contribution >= 4 is 38.9 Å². The van der Waals surface area contributed by atoms with E-state index in [1.165, 1.54) is 10.4 Å². The van der Waals surface area contributed by atoms with Crippen molar-refractivity contribution in [1.82, 2.24) is 10.3 Å². The molecule has 96 valence electrons. The van der Waals surface area contributed by atoms with Crippen molar-refractivity contribution in [1.29, 1.82) is 0 Å². The summed E-state index contributed by atoms with van der Waals surface area (Å²) in [6.07, 6.45) is 2.87. The Labute approximate surface area is 125 Å². The van der Waals surface area contributed by atoms with Gasteiger partial charge in [0.15, 0.2) is 0 Å². The van der Waals surface area contributed by atoms with Gasteiger partial charge in [-0.3, -0.25) is 4.98 Å². The molecule has 1 heterocycles. The van der Waals surface area contributed by atoms with Gasteiger partial charge < -0.3 is 5.32 Å².